The molecule has 4 rings (SSSR count). The molecule has 7 nitrogen and oxygen atoms in total. The second-order valence-corrected chi connectivity index (χ2v) is 6.89. The molecule has 3 aromatic rings. The van der Waals surface area contributed by atoms with Gasteiger partial charge >= 0.3 is 0 Å². The zero-order valence-corrected chi connectivity index (χ0v) is 14.9. The highest BCUT2D eigenvalue weighted by molar-refractivity contribution is 5.92. The van der Waals surface area contributed by atoms with Crippen LogP contribution in [-0.4, -0.2) is 43.9 Å². The minimum absolute atomic E-state index is 0.0421. The van der Waals surface area contributed by atoms with E-state index in [9.17, 15) is 4.79 Å². The Morgan fingerprint density at radius 2 is 2.04 bits per heavy atom. The summed E-state index contributed by atoms with van der Waals surface area (Å²) in [5.74, 6) is 0.154. The summed E-state index contributed by atoms with van der Waals surface area (Å²) >= 11 is 0. The number of amides is 1. The van der Waals surface area contributed by atoms with Crippen molar-refractivity contribution in [1.82, 2.24) is 24.9 Å². The van der Waals surface area contributed by atoms with Gasteiger partial charge in [-0.25, -0.2) is 4.68 Å². The largest absolute Gasteiger partial charge is 0.396 e. The van der Waals surface area contributed by atoms with Gasteiger partial charge in [-0.3, -0.25) is 9.89 Å². The molecular weight excluding hydrogens is 328 g/mol. The number of hydrogen-bond acceptors (Lipinski definition) is 4. The zero-order valence-electron chi connectivity index (χ0n) is 14.9. The fourth-order valence-electron chi connectivity index (χ4n) is 3.50. The Bertz CT molecular complexity index is 939. The van der Waals surface area contributed by atoms with Gasteiger partial charge in [-0.15, -0.1) is 0 Å². The van der Waals surface area contributed by atoms with E-state index in [1.165, 1.54) is 5.56 Å². The maximum Gasteiger partial charge on any atom is 0.274 e. The first-order chi connectivity index (χ1) is 12.5. The molecule has 0 saturated carbocycles. The van der Waals surface area contributed by atoms with E-state index in [1.807, 2.05) is 53.8 Å². The summed E-state index contributed by atoms with van der Waals surface area (Å²) in [7, 11) is 0. The second kappa shape index (κ2) is 6.33. The summed E-state index contributed by atoms with van der Waals surface area (Å²) in [6.45, 7) is 5.33. The van der Waals surface area contributed by atoms with Crippen molar-refractivity contribution in [1.29, 1.82) is 0 Å². The van der Waals surface area contributed by atoms with Crippen LogP contribution in [0.5, 0.6) is 0 Å². The molecule has 2 aromatic heterocycles. The van der Waals surface area contributed by atoms with Gasteiger partial charge in [0.05, 0.1) is 23.3 Å². The number of rotatable bonds is 3. The lowest BCUT2D eigenvalue weighted by atomic mass is 10.0. The van der Waals surface area contributed by atoms with Crippen molar-refractivity contribution in [2.24, 2.45) is 0 Å². The van der Waals surface area contributed by atoms with Crippen LogP contribution in [0, 0.1) is 13.8 Å². The molecule has 1 fully saturated rings. The Morgan fingerprint density at radius 1 is 1.27 bits per heavy atom. The van der Waals surface area contributed by atoms with Gasteiger partial charge in [-0.05, 0) is 38.5 Å². The molecule has 1 amide bonds. The smallest absolute Gasteiger partial charge is 0.274 e. The van der Waals surface area contributed by atoms with Crippen LogP contribution in [0.2, 0.25) is 0 Å². The fourth-order valence-corrected chi connectivity index (χ4v) is 3.50. The topological polar surface area (TPSA) is 92.8 Å². The number of nitrogens with one attached hydrogen (secondary N) is 1. The van der Waals surface area contributed by atoms with Crippen molar-refractivity contribution >= 4 is 11.6 Å². The molecule has 26 heavy (non-hydrogen) atoms. The van der Waals surface area contributed by atoms with Crippen LogP contribution in [0.25, 0.3) is 5.69 Å². The number of aromatic amines is 1. The molecule has 1 unspecified atom stereocenters. The third-order valence-corrected chi connectivity index (χ3v) is 4.97. The zero-order chi connectivity index (χ0) is 18.3. The fraction of sp³-hybridized carbons (Fsp3) is 0.316. The summed E-state index contributed by atoms with van der Waals surface area (Å²) in [6, 6.07) is 9.95. The van der Waals surface area contributed by atoms with Crippen LogP contribution in [0.1, 0.15) is 39.8 Å². The lowest BCUT2D eigenvalue weighted by molar-refractivity contribution is 0.0784. The number of likely N-dealkylation sites (tertiary alicyclic amines) is 1. The lowest BCUT2D eigenvalue weighted by Crippen LogP contribution is -2.29. The van der Waals surface area contributed by atoms with Gasteiger partial charge < -0.3 is 10.6 Å². The molecule has 0 spiro atoms. The summed E-state index contributed by atoms with van der Waals surface area (Å²) in [5, 5.41) is 11.5. The number of H-pyrrole nitrogens is 1. The molecule has 3 N–H and O–H groups in total. The number of carbonyl (C=O) groups is 1. The Hall–Kier alpha value is -3.09. The van der Waals surface area contributed by atoms with Crippen LogP contribution >= 0.6 is 0 Å². The van der Waals surface area contributed by atoms with E-state index in [4.69, 9.17) is 5.73 Å². The third-order valence-electron chi connectivity index (χ3n) is 4.97. The quantitative estimate of drug-likeness (QED) is 0.759. The molecule has 1 saturated heterocycles. The van der Waals surface area contributed by atoms with Crippen molar-refractivity contribution in [2.45, 2.75) is 26.2 Å². The minimum atomic E-state index is -0.0421. The highest BCUT2D eigenvalue weighted by Crippen LogP contribution is 2.30. The number of anilines is 1. The van der Waals surface area contributed by atoms with Crippen molar-refractivity contribution in [3.05, 3.63) is 59.2 Å². The summed E-state index contributed by atoms with van der Waals surface area (Å²) in [6.07, 6.45) is 2.49. The number of aryl methyl sites for hydroxylation is 2. The van der Waals surface area contributed by atoms with Crippen molar-refractivity contribution in [3.8, 4) is 5.69 Å². The van der Waals surface area contributed by atoms with Crippen LogP contribution in [0.15, 0.2) is 36.5 Å². The van der Waals surface area contributed by atoms with Crippen molar-refractivity contribution in [2.75, 3.05) is 18.8 Å². The Morgan fingerprint density at radius 3 is 2.73 bits per heavy atom. The Balaban J connectivity index is 1.53. The molecule has 0 radical (unpaired) electrons. The first kappa shape index (κ1) is 16.4. The van der Waals surface area contributed by atoms with E-state index in [-0.39, 0.29) is 11.8 Å². The predicted molar refractivity (Wildman–Crippen MR) is 99.3 cm³/mol. The maximum absolute atomic E-state index is 12.9. The maximum atomic E-state index is 12.9. The number of hydrogen-bond donors (Lipinski definition) is 2. The molecule has 0 bridgehead atoms. The number of nitrogens with two attached hydrogens (primary N) is 1. The van der Waals surface area contributed by atoms with Gasteiger partial charge in [-0.2, -0.15) is 10.2 Å². The summed E-state index contributed by atoms with van der Waals surface area (Å²) in [4.78, 5) is 14.7. The van der Waals surface area contributed by atoms with E-state index in [2.05, 4.69) is 15.3 Å². The van der Waals surface area contributed by atoms with Crippen molar-refractivity contribution < 1.29 is 4.79 Å². The van der Waals surface area contributed by atoms with Crippen LogP contribution < -0.4 is 5.73 Å². The first-order valence-electron chi connectivity index (χ1n) is 8.74. The Labute approximate surface area is 151 Å². The van der Waals surface area contributed by atoms with Gasteiger partial charge in [0.25, 0.3) is 5.91 Å². The minimum Gasteiger partial charge on any atom is -0.396 e. The summed E-state index contributed by atoms with van der Waals surface area (Å²) < 4.78 is 1.81. The average molecular weight is 350 g/mol. The first-order valence-corrected chi connectivity index (χ1v) is 8.74. The standard InChI is InChI=1S/C19H22N6O/c1-12-3-5-15(6-4-12)25-13(2)9-17(23-25)19(26)24-8-7-14(11-24)18-16(20)10-21-22-18/h3-6,9-10,14H,7-8,11,20H2,1-2H3,(H,21,22). The van der Waals surface area contributed by atoms with E-state index in [0.29, 0.717) is 24.5 Å². The van der Waals surface area contributed by atoms with E-state index in [0.717, 1.165) is 23.5 Å². The monoisotopic (exact) mass is 350 g/mol. The molecule has 1 aliphatic rings. The molecule has 1 atom stereocenters. The SMILES string of the molecule is Cc1ccc(-n2nc(C(=O)N3CCC(c4[nH]ncc4N)C3)cc2C)cc1. The molecule has 7 heteroatoms. The number of benzene rings is 1. The average Bonchev–Trinajstić information content (AvgIpc) is 3.34. The molecule has 0 aliphatic carbocycles. The molecule has 1 aromatic carbocycles. The summed E-state index contributed by atoms with van der Waals surface area (Å²) in [5.41, 5.74) is 11.1. The van der Waals surface area contributed by atoms with Gasteiger partial charge in [0.1, 0.15) is 0 Å². The number of nitrogen functional groups attached to an aromatic ring is 1. The molecule has 3 heterocycles. The number of carbonyl (C=O) groups excluding carboxylic acids is 1. The van der Waals surface area contributed by atoms with E-state index >= 15 is 0 Å². The van der Waals surface area contributed by atoms with Gasteiger partial charge in [0.2, 0.25) is 0 Å². The van der Waals surface area contributed by atoms with Gasteiger partial charge in [0, 0.05) is 24.7 Å². The van der Waals surface area contributed by atoms with Crippen LogP contribution in [-0.2, 0) is 0 Å². The second-order valence-electron chi connectivity index (χ2n) is 6.89. The van der Waals surface area contributed by atoms with Gasteiger partial charge in [-0.1, -0.05) is 17.7 Å². The number of nitrogens with zero attached hydrogens (tertiary/aromatic N) is 4. The van der Waals surface area contributed by atoms with E-state index < -0.39 is 0 Å². The van der Waals surface area contributed by atoms with Gasteiger partial charge in [0.15, 0.2) is 5.69 Å². The molecular formula is C19H22N6O. The highest BCUT2D eigenvalue weighted by Gasteiger charge is 2.31. The molecule has 134 valence electrons. The Kier molecular flexibility index (Phi) is 3.99. The molecule has 1 aliphatic heterocycles. The van der Waals surface area contributed by atoms with Crippen LogP contribution in [0.3, 0.4) is 0 Å². The normalized spacial score (nSPS) is 17.0. The number of aromatic nitrogens is 4. The third kappa shape index (κ3) is 2.85. The predicted octanol–water partition coefficient (Wildman–Crippen LogP) is 2.42. The van der Waals surface area contributed by atoms with E-state index in [1.54, 1.807) is 6.20 Å². The van der Waals surface area contributed by atoms with Crippen LogP contribution in [0.4, 0.5) is 5.69 Å². The highest BCUT2D eigenvalue weighted by atomic mass is 16.2. The van der Waals surface area contributed by atoms with Crippen molar-refractivity contribution in [3.63, 3.8) is 0 Å². The lowest BCUT2D eigenvalue weighted by Gasteiger charge is -2.15.